The summed E-state index contributed by atoms with van der Waals surface area (Å²) in [5.41, 5.74) is 10.5. The second kappa shape index (κ2) is 14.8. The van der Waals surface area contributed by atoms with Gasteiger partial charge in [0.25, 0.3) is 0 Å². The Morgan fingerprint density at radius 1 is 1.31 bits per heavy atom. The molecule has 1 aromatic carbocycles. The molecule has 1 heterocycles. The lowest BCUT2D eigenvalue weighted by Gasteiger charge is -2.37. The largest absolute Gasteiger partial charge is 0.496 e. The molecule has 1 aliphatic heterocycles. The first-order valence-corrected chi connectivity index (χ1v) is 12.9. The number of benzene rings is 1. The van der Waals surface area contributed by atoms with Gasteiger partial charge in [-0.2, -0.15) is 0 Å². The number of hydrogen-bond acceptors (Lipinski definition) is 8. The number of likely N-dealkylation sites (N-methyl/N-ethyl adjacent to an activating group) is 2. The topological polar surface area (TPSA) is 113 Å². The Hall–Kier alpha value is -2.62. The standard InChI is InChI=1S/C27H45N5O4/c1-7-10-22(13-14-33)30-26-23(19(4)29-27(28)31(26)5)16-21-12-11-20(15-24(21)35-6)17-32(8-2)18-25(34)36-9-3/h11-12,15,22,27,29,33H,7-10,13-14,16-18,28H2,1-6H3/t22-,27?/m0/s1. The third-order valence-electron chi connectivity index (χ3n) is 6.46. The van der Waals surface area contributed by atoms with Gasteiger partial charge in [0.1, 0.15) is 11.6 Å². The van der Waals surface area contributed by atoms with Crippen molar-refractivity contribution in [2.24, 2.45) is 10.7 Å². The molecule has 202 valence electrons. The summed E-state index contributed by atoms with van der Waals surface area (Å²) in [6.07, 6.45) is 2.78. The maximum absolute atomic E-state index is 11.9. The fourth-order valence-corrected chi connectivity index (χ4v) is 4.38. The maximum atomic E-state index is 11.9. The second-order valence-electron chi connectivity index (χ2n) is 9.14. The number of allylic oxidation sites excluding steroid dienone is 1. The van der Waals surface area contributed by atoms with E-state index < -0.39 is 0 Å². The summed E-state index contributed by atoms with van der Waals surface area (Å²) in [5, 5.41) is 12.9. The van der Waals surface area contributed by atoms with Gasteiger partial charge >= 0.3 is 5.97 Å². The molecule has 1 aromatic rings. The molecule has 9 heteroatoms. The van der Waals surface area contributed by atoms with Gasteiger partial charge in [-0.15, -0.1) is 0 Å². The zero-order chi connectivity index (χ0) is 26.7. The van der Waals surface area contributed by atoms with Crippen LogP contribution in [0.2, 0.25) is 0 Å². The van der Waals surface area contributed by atoms with E-state index in [-0.39, 0.29) is 31.5 Å². The molecule has 0 radical (unpaired) electrons. The SMILES string of the molecule is CCC[C@@H](CCO)N=C1C(Cc2ccc(CN(CC)CC(=O)OCC)cc2OC)=C(C)NC(N)N1C. The van der Waals surface area contributed by atoms with Crippen LogP contribution in [0, 0.1) is 0 Å². The molecule has 0 saturated heterocycles. The Morgan fingerprint density at radius 2 is 2.06 bits per heavy atom. The lowest BCUT2D eigenvalue weighted by molar-refractivity contribution is -0.144. The van der Waals surface area contributed by atoms with Gasteiger partial charge in [-0.05, 0) is 50.4 Å². The van der Waals surface area contributed by atoms with Crippen molar-refractivity contribution in [3.63, 3.8) is 0 Å². The van der Waals surface area contributed by atoms with Crippen molar-refractivity contribution in [1.29, 1.82) is 0 Å². The average molecular weight is 504 g/mol. The van der Waals surface area contributed by atoms with Gasteiger partial charge < -0.3 is 24.8 Å². The summed E-state index contributed by atoms with van der Waals surface area (Å²) in [5.74, 6) is 1.42. The highest BCUT2D eigenvalue weighted by atomic mass is 16.5. The molecule has 4 N–H and O–H groups in total. The van der Waals surface area contributed by atoms with E-state index >= 15 is 0 Å². The molecule has 36 heavy (non-hydrogen) atoms. The first-order valence-electron chi connectivity index (χ1n) is 12.9. The van der Waals surface area contributed by atoms with Gasteiger partial charge in [-0.3, -0.25) is 20.4 Å². The van der Waals surface area contributed by atoms with Crippen LogP contribution in [-0.4, -0.2) is 79.5 Å². The number of aliphatic imine (C=N–C) groups is 1. The lowest BCUT2D eigenvalue weighted by Crippen LogP contribution is -2.56. The number of nitrogens with two attached hydrogens (primary N) is 1. The van der Waals surface area contributed by atoms with Crippen LogP contribution in [0.4, 0.5) is 0 Å². The highest BCUT2D eigenvalue weighted by Crippen LogP contribution is 2.28. The maximum Gasteiger partial charge on any atom is 0.320 e. The molecule has 0 aliphatic carbocycles. The van der Waals surface area contributed by atoms with E-state index in [1.807, 2.05) is 43.7 Å². The van der Waals surface area contributed by atoms with Crippen LogP contribution in [0.5, 0.6) is 5.75 Å². The number of nitrogens with one attached hydrogen (secondary N) is 1. The van der Waals surface area contributed by atoms with Crippen molar-refractivity contribution in [1.82, 2.24) is 15.1 Å². The third kappa shape index (κ3) is 8.21. The summed E-state index contributed by atoms with van der Waals surface area (Å²) in [4.78, 5) is 21.0. The minimum absolute atomic E-state index is 0.0363. The highest BCUT2D eigenvalue weighted by Gasteiger charge is 2.27. The van der Waals surface area contributed by atoms with Gasteiger partial charge in [-0.1, -0.05) is 32.4 Å². The number of methoxy groups -OCH3 is 1. The fraction of sp³-hybridized carbons (Fsp3) is 0.630. The van der Waals surface area contributed by atoms with Gasteiger partial charge in [0, 0.05) is 37.9 Å². The molecular weight excluding hydrogens is 458 g/mol. The second-order valence-corrected chi connectivity index (χ2v) is 9.14. The predicted octanol–water partition coefficient (Wildman–Crippen LogP) is 2.62. The number of aliphatic hydroxyl groups excluding tert-OH is 1. The molecular formula is C27H45N5O4. The van der Waals surface area contributed by atoms with Crippen molar-refractivity contribution in [3.8, 4) is 5.75 Å². The van der Waals surface area contributed by atoms with Crippen molar-refractivity contribution >= 4 is 11.8 Å². The smallest absolute Gasteiger partial charge is 0.320 e. The van der Waals surface area contributed by atoms with Gasteiger partial charge in [0.15, 0.2) is 6.29 Å². The number of aliphatic hydroxyl groups is 1. The van der Waals surface area contributed by atoms with E-state index in [2.05, 4.69) is 24.4 Å². The van der Waals surface area contributed by atoms with Crippen molar-refractivity contribution < 1.29 is 19.4 Å². The highest BCUT2D eigenvalue weighted by molar-refractivity contribution is 6.00. The number of nitrogens with zero attached hydrogens (tertiary/aromatic N) is 3. The van der Waals surface area contributed by atoms with Gasteiger partial charge in [0.2, 0.25) is 0 Å². The van der Waals surface area contributed by atoms with Crippen LogP contribution in [-0.2, 0) is 22.5 Å². The number of esters is 1. The average Bonchev–Trinajstić information content (AvgIpc) is 2.85. The minimum atomic E-state index is -0.368. The molecule has 0 bridgehead atoms. The summed E-state index contributed by atoms with van der Waals surface area (Å²) in [6, 6.07) is 6.23. The molecule has 0 aromatic heterocycles. The Balaban J connectivity index is 2.33. The summed E-state index contributed by atoms with van der Waals surface area (Å²) < 4.78 is 10.9. The number of carbonyl (C=O) groups is 1. The van der Waals surface area contributed by atoms with E-state index in [9.17, 15) is 9.90 Å². The zero-order valence-corrected chi connectivity index (χ0v) is 22.8. The minimum Gasteiger partial charge on any atom is -0.496 e. The molecule has 1 aliphatic rings. The van der Waals surface area contributed by atoms with Crippen LogP contribution in [0.3, 0.4) is 0 Å². The van der Waals surface area contributed by atoms with Crippen LogP contribution in [0.1, 0.15) is 58.1 Å². The molecule has 0 amide bonds. The fourth-order valence-electron chi connectivity index (χ4n) is 4.38. The normalized spacial score (nSPS) is 18.0. The summed E-state index contributed by atoms with van der Waals surface area (Å²) in [6.45, 7) is 10.1. The van der Waals surface area contributed by atoms with Crippen molar-refractivity contribution in [2.45, 2.75) is 72.3 Å². The summed E-state index contributed by atoms with van der Waals surface area (Å²) in [7, 11) is 3.61. The van der Waals surface area contributed by atoms with E-state index in [0.717, 1.165) is 53.4 Å². The molecule has 0 spiro atoms. The van der Waals surface area contributed by atoms with Crippen LogP contribution < -0.4 is 15.8 Å². The monoisotopic (exact) mass is 503 g/mol. The number of hydrogen-bond donors (Lipinski definition) is 3. The number of rotatable bonds is 14. The van der Waals surface area contributed by atoms with Crippen LogP contribution in [0.15, 0.2) is 34.5 Å². The van der Waals surface area contributed by atoms with Gasteiger partial charge in [-0.25, -0.2) is 0 Å². The quantitative estimate of drug-likeness (QED) is 0.332. The molecule has 0 saturated carbocycles. The van der Waals surface area contributed by atoms with Gasteiger partial charge in [0.05, 0.1) is 26.3 Å². The first-order chi connectivity index (χ1) is 17.3. The van der Waals surface area contributed by atoms with Crippen molar-refractivity contribution in [2.75, 3.05) is 40.5 Å². The number of amidine groups is 1. The Morgan fingerprint density at radius 3 is 2.67 bits per heavy atom. The molecule has 9 nitrogen and oxygen atoms in total. The zero-order valence-electron chi connectivity index (χ0n) is 22.8. The number of carbonyl (C=O) groups excluding carboxylic acids is 1. The lowest BCUT2D eigenvalue weighted by atomic mass is 9.97. The summed E-state index contributed by atoms with van der Waals surface area (Å²) >= 11 is 0. The van der Waals surface area contributed by atoms with E-state index in [4.69, 9.17) is 20.2 Å². The Bertz CT molecular complexity index is 911. The van der Waals surface area contributed by atoms with E-state index in [0.29, 0.717) is 26.0 Å². The third-order valence-corrected chi connectivity index (χ3v) is 6.46. The molecule has 2 rings (SSSR count). The molecule has 1 unspecified atom stereocenters. The van der Waals surface area contributed by atoms with Crippen LogP contribution in [0.25, 0.3) is 0 Å². The first kappa shape index (κ1) is 29.6. The molecule has 2 atom stereocenters. The predicted molar refractivity (Wildman–Crippen MR) is 144 cm³/mol. The Kier molecular flexibility index (Phi) is 12.2. The van der Waals surface area contributed by atoms with Crippen LogP contribution >= 0.6 is 0 Å². The van der Waals surface area contributed by atoms with E-state index in [1.165, 1.54) is 0 Å². The van der Waals surface area contributed by atoms with E-state index in [1.54, 1.807) is 7.11 Å². The number of ether oxygens (including phenoxy) is 2. The molecule has 0 fully saturated rings. The van der Waals surface area contributed by atoms with Crippen molar-refractivity contribution in [3.05, 3.63) is 40.6 Å². The Labute approximate surface area is 216 Å².